The quantitative estimate of drug-likeness (QED) is 0.0157. The third-order valence-electron chi connectivity index (χ3n) is 15.8. The Morgan fingerprint density at radius 3 is 1.78 bits per heavy atom. The van der Waals surface area contributed by atoms with Crippen molar-refractivity contribution in [3.63, 3.8) is 0 Å². The molecule has 3 atom stereocenters. The fraction of sp³-hybridized carbons (Fsp3) is 0.464. The van der Waals surface area contributed by atoms with Crippen LogP contribution in [0.15, 0.2) is 72.8 Å². The molecule has 3 aliphatic carbocycles. The maximum atomic E-state index is 14.8. The third kappa shape index (κ3) is 11.2. The monoisotopic (exact) mass is 1160 g/mol. The van der Waals surface area contributed by atoms with Gasteiger partial charge in [0.05, 0.1) is 27.0 Å². The second kappa shape index (κ2) is 23.4. The van der Waals surface area contributed by atoms with Crippen LogP contribution in [0.2, 0.25) is 0 Å². The fourth-order valence-corrected chi connectivity index (χ4v) is 14.7. The number of rotatable bonds is 23. The smallest absolute Gasteiger partial charge is 0.415 e. The lowest BCUT2D eigenvalue weighted by Crippen LogP contribution is -2.73. The van der Waals surface area contributed by atoms with Crippen LogP contribution < -0.4 is 24.7 Å². The number of hydrogen-bond donors (Lipinski definition) is 3. The van der Waals surface area contributed by atoms with Crippen molar-refractivity contribution in [3.05, 3.63) is 83.9 Å². The van der Waals surface area contributed by atoms with Gasteiger partial charge >= 0.3 is 18.2 Å². The molecule has 4 aromatic carbocycles. The summed E-state index contributed by atoms with van der Waals surface area (Å²) in [5, 5.41) is 25.4. The number of hydrogen-bond acceptors (Lipinski definition) is 14. The molecule has 10 rings (SSSR count). The van der Waals surface area contributed by atoms with Gasteiger partial charge in [0, 0.05) is 118 Å². The summed E-state index contributed by atoms with van der Waals surface area (Å²) in [4.78, 5) is 116. The van der Waals surface area contributed by atoms with Gasteiger partial charge in [-0.3, -0.25) is 28.9 Å². The summed E-state index contributed by atoms with van der Waals surface area (Å²) in [6.45, 7) is 4.51. The predicted octanol–water partition coefficient (Wildman–Crippen LogP) is 8.77. The molecule has 3 fully saturated rings. The Bertz CT molecular complexity index is 3120. The molecular formula is C56H62Cl2N6O13S2. The molecule has 3 saturated carbocycles. The second-order valence-electron chi connectivity index (χ2n) is 21.6. The van der Waals surface area contributed by atoms with E-state index in [2.05, 4.69) is 5.32 Å². The molecule has 4 aromatic rings. The van der Waals surface area contributed by atoms with E-state index in [-0.39, 0.29) is 85.5 Å². The Balaban J connectivity index is 0.752. The first-order chi connectivity index (χ1) is 37.8. The highest BCUT2D eigenvalue weighted by molar-refractivity contribution is 8.77. The number of ether oxygens (including phenoxy) is 2. The molecule has 0 saturated heterocycles. The topological polar surface area (TPSA) is 233 Å². The number of fused-ring (bicyclic) bond motifs is 6. The second-order valence-corrected chi connectivity index (χ2v) is 25.3. The number of unbranched alkanes of at least 4 members (excludes halogenated alkanes) is 2. The van der Waals surface area contributed by atoms with Crippen LogP contribution in [0.25, 0.3) is 21.5 Å². The summed E-state index contributed by atoms with van der Waals surface area (Å²) in [5.41, 5.74) is 1.56. The van der Waals surface area contributed by atoms with E-state index in [1.807, 2.05) is 48.5 Å². The minimum absolute atomic E-state index is 0.00303. The van der Waals surface area contributed by atoms with Crippen molar-refractivity contribution in [2.75, 3.05) is 80.7 Å². The molecule has 19 nitrogen and oxygen atoms in total. The number of nitrogens with zero attached hydrogens (tertiary/aromatic N) is 5. The number of alkyl halides is 2. The highest BCUT2D eigenvalue weighted by Crippen LogP contribution is 2.75. The number of anilines is 2. The molecule has 420 valence electrons. The van der Waals surface area contributed by atoms with Gasteiger partial charge in [-0.25, -0.2) is 19.6 Å². The minimum Gasteiger partial charge on any atom is -0.480 e. The fourth-order valence-electron chi connectivity index (χ4n) is 11.8. The van der Waals surface area contributed by atoms with Gasteiger partial charge in [-0.15, -0.1) is 23.2 Å². The van der Waals surface area contributed by atoms with E-state index in [1.54, 1.807) is 42.8 Å². The Morgan fingerprint density at radius 1 is 0.759 bits per heavy atom. The van der Waals surface area contributed by atoms with Crippen LogP contribution in [0.4, 0.5) is 21.0 Å². The molecule has 0 unspecified atom stereocenters. The number of carbonyl (C=O) groups excluding carboxylic acids is 7. The van der Waals surface area contributed by atoms with E-state index >= 15 is 0 Å². The first kappa shape index (κ1) is 57.4. The van der Waals surface area contributed by atoms with Crippen LogP contribution in [0, 0.1) is 10.8 Å². The summed E-state index contributed by atoms with van der Waals surface area (Å²) >= 11 is 13.1. The number of amides is 7. The lowest BCUT2D eigenvalue weighted by atomic mass is 9.34. The predicted molar refractivity (Wildman–Crippen MR) is 302 cm³/mol. The molecule has 3 N–H and O–H groups in total. The van der Waals surface area contributed by atoms with Crippen LogP contribution in [0.5, 0.6) is 11.5 Å². The highest BCUT2D eigenvalue weighted by atomic mass is 35.5. The summed E-state index contributed by atoms with van der Waals surface area (Å²) in [7, 11) is 5.59. The van der Waals surface area contributed by atoms with Crippen molar-refractivity contribution in [2.45, 2.75) is 81.4 Å². The zero-order valence-electron chi connectivity index (χ0n) is 44.2. The highest BCUT2D eigenvalue weighted by Gasteiger charge is 2.76. The summed E-state index contributed by atoms with van der Waals surface area (Å²) in [6.07, 6.45) is 3.84. The molecule has 2 bridgehead atoms. The maximum Gasteiger partial charge on any atom is 0.415 e. The van der Waals surface area contributed by atoms with E-state index in [0.717, 1.165) is 26.8 Å². The lowest BCUT2D eigenvalue weighted by Gasteiger charge is -2.69. The van der Waals surface area contributed by atoms with E-state index in [0.29, 0.717) is 85.4 Å². The molecule has 79 heavy (non-hydrogen) atoms. The Morgan fingerprint density at radius 2 is 1.27 bits per heavy atom. The van der Waals surface area contributed by atoms with Gasteiger partial charge in [-0.05, 0) is 67.9 Å². The normalized spacial score (nSPS) is 21.1. The van der Waals surface area contributed by atoms with Crippen LogP contribution in [-0.2, 0) is 33.5 Å². The van der Waals surface area contributed by atoms with Crippen molar-refractivity contribution >= 4 is 125 Å². The van der Waals surface area contributed by atoms with Gasteiger partial charge in [0.1, 0.15) is 18.4 Å². The number of halogens is 2. The number of benzene rings is 4. The van der Waals surface area contributed by atoms with Gasteiger partial charge < -0.3 is 44.4 Å². The van der Waals surface area contributed by atoms with Gasteiger partial charge in [0.2, 0.25) is 17.7 Å². The summed E-state index contributed by atoms with van der Waals surface area (Å²) in [5.74, 6) is -1.57. The largest absolute Gasteiger partial charge is 0.480 e. The number of aliphatic carboxylic acids is 1. The van der Waals surface area contributed by atoms with E-state index in [4.69, 9.17) is 37.6 Å². The van der Waals surface area contributed by atoms with E-state index in [1.165, 1.54) is 50.6 Å². The summed E-state index contributed by atoms with van der Waals surface area (Å²) in [6, 6.07) is 17.2. The standard InChI is InChI=1S/C56H62Cl2N6O13S2/c1-54(2,48(49(68)69)59-43(65)16-6-5-11-19-62-44(66)17-18-45(62)67)79-78-23-22-75-52(72)60(3)20-21-61(4)53(73)76-41-24-39-46(37-14-9-7-12-35(37)41)33(26-57)28-63(39)50(70)55-30-56(31-55,32-55)51(71)64-29-34(27-58)47-38-15-10-8-13-36(38)42(77-74)25-40(47)64/h7-10,12-15,17-18,24-25,33-34,48,74H,5-6,11,16,19-23,26-32H2,1-4H3,(H,59,65)(H,68,69)/t33-,34-,48-,55?,56?/m1/s1. The molecule has 0 aromatic heterocycles. The minimum atomic E-state index is -1.21. The number of imide groups is 1. The Kier molecular flexibility index (Phi) is 17.0. The summed E-state index contributed by atoms with van der Waals surface area (Å²) < 4.78 is 10.6. The van der Waals surface area contributed by atoms with Crippen LogP contribution in [0.1, 0.15) is 81.8 Å². The number of likely N-dealkylation sites (N-methyl/N-ethyl adjacent to an activating group) is 2. The molecule has 7 amide bonds. The molecule has 0 radical (unpaired) electrons. The Hall–Kier alpha value is -6.26. The zero-order chi connectivity index (χ0) is 56.6. The first-order valence-electron chi connectivity index (χ1n) is 26.1. The maximum absolute atomic E-state index is 14.8. The van der Waals surface area contributed by atoms with Crippen LogP contribution in [-0.4, -0.2) is 154 Å². The molecule has 0 spiro atoms. The van der Waals surface area contributed by atoms with Gasteiger partial charge in [0.25, 0.3) is 11.8 Å². The molecule has 3 heterocycles. The molecule has 23 heteroatoms. The van der Waals surface area contributed by atoms with Crippen LogP contribution in [0.3, 0.4) is 0 Å². The van der Waals surface area contributed by atoms with Gasteiger partial charge in [0.15, 0.2) is 5.75 Å². The molecule has 6 aliphatic rings. The number of carbonyl (C=O) groups is 8. The van der Waals surface area contributed by atoms with Crippen molar-refractivity contribution < 1.29 is 63.1 Å². The molecular weight excluding hydrogens is 1100 g/mol. The first-order valence-corrected chi connectivity index (χ1v) is 29.5. The number of carboxylic acids is 1. The number of carboxylic acid groups (broad SMARTS) is 1. The van der Waals surface area contributed by atoms with Crippen molar-refractivity contribution in [2.24, 2.45) is 10.8 Å². The van der Waals surface area contributed by atoms with Crippen molar-refractivity contribution in [3.8, 4) is 11.5 Å². The lowest BCUT2D eigenvalue weighted by molar-refractivity contribution is -0.205. The van der Waals surface area contributed by atoms with E-state index in [9.17, 15) is 48.7 Å². The van der Waals surface area contributed by atoms with E-state index < -0.39 is 45.7 Å². The Labute approximate surface area is 474 Å². The average Bonchev–Trinajstić information content (AvgIpc) is 3.60. The van der Waals surface area contributed by atoms with Gasteiger partial charge in [-0.2, -0.15) is 0 Å². The average molecular weight is 1160 g/mol. The SMILES string of the molecule is CN(CCN(C)C(=O)Oc1cc2c(c3ccccc13)[C@H](CCl)CN2C(=O)C12CC(C(=O)N3C[C@@H](CCl)c4c3cc(OO)c3ccccc43)(C1)C2)C(=O)OCCSSC(C)(C)[C@H](NC(=O)CCCCCN1C(=O)C=CC1=O)C(=O)O. The number of nitrogens with one attached hydrogen (secondary N) is 1. The van der Waals surface area contributed by atoms with Gasteiger partial charge in [-0.1, -0.05) is 76.5 Å². The third-order valence-corrected chi connectivity index (χ3v) is 19.9. The van der Waals surface area contributed by atoms with Crippen molar-refractivity contribution in [1.29, 1.82) is 0 Å². The van der Waals surface area contributed by atoms with Crippen molar-refractivity contribution in [1.82, 2.24) is 20.0 Å². The molecule has 3 aliphatic heterocycles. The van der Waals surface area contributed by atoms with Crippen LogP contribution >= 0.6 is 44.8 Å². The zero-order valence-corrected chi connectivity index (χ0v) is 47.3.